The maximum Gasteiger partial charge on any atom is 0.227 e. The highest BCUT2D eigenvalue weighted by Gasteiger charge is 2.27. The first-order valence-electron chi connectivity index (χ1n) is 5.77. The van der Waals surface area contributed by atoms with E-state index in [0.29, 0.717) is 6.73 Å². The van der Waals surface area contributed by atoms with Gasteiger partial charge in [0.15, 0.2) is 0 Å². The SMILES string of the molecule is CC1CCN(COCC[Si](C)(C)C)C1=O. The third kappa shape index (κ3) is 4.34. The summed E-state index contributed by atoms with van der Waals surface area (Å²) in [7, 11) is -0.993. The van der Waals surface area contributed by atoms with Gasteiger partial charge < -0.3 is 9.64 Å². The van der Waals surface area contributed by atoms with E-state index in [1.54, 1.807) is 0 Å². The first-order valence-corrected chi connectivity index (χ1v) is 9.47. The Morgan fingerprint density at radius 2 is 2.13 bits per heavy atom. The fourth-order valence-corrected chi connectivity index (χ4v) is 2.33. The Balaban J connectivity index is 2.14. The molecule has 1 heterocycles. The monoisotopic (exact) mass is 229 g/mol. The second-order valence-corrected chi connectivity index (χ2v) is 11.3. The van der Waals surface area contributed by atoms with E-state index in [0.717, 1.165) is 19.6 Å². The molecule has 0 N–H and O–H groups in total. The van der Waals surface area contributed by atoms with Crippen LogP contribution in [0.4, 0.5) is 0 Å². The van der Waals surface area contributed by atoms with Crippen molar-refractivity contribution in [2.24, 2.45) is 5.92 Å². The van der Waals surface area contributed by atoms with Gasteiger partial charge in [0.25, 0.3) is 0 Å². The Morgan fingerprint density at radius 1 is 1.47 bits per heavy atom. The number of carbonyl (C=O) groups is 1. The number of ether oxygens (including phenoxy) is 1. The van der Waals surface area contributed by atoms with Gasteiger partial charge in [-0.25, -0.2) is 0 Å². The summed E-state index contributed by atoms with van der Waals surface area (Å²) in [5.74, 6) is 0.452. The molecule has 1 aliphatic heterocycles. The molecule has 1 atom stereocenters. The third-order valence-electron chi connectivity index (χ3n) is 2.81. The van der Waals surface area contributed by atoms with E-state index < -0.39 is 8.07 Å². The maximum atomic E-state index is 11.6. The van der Waals surface area contributed by atoms with Crippen molar-refractivity contribution in [1.29, 1.82) is 0 Å². The zero-order valence-corrected chi connectivity index (χ0v) is 11.4. The summed E-state index contributed by atoms with van der Waals surface area (Å²) in [6.45, 7) is 11.2. The van der Waals surface area contributed by atoms with Gasteiger partial charge in [-0.3, -0.25) is 4.79 Å². The fraction of sp³-hybridized carbons (Fsp3) is 0.909. The molecule has 1 unspecified atom stereocenters. The summed E-state index contributed by atoms with van der Waals surface area (Å²) >= 11 is 0. The maximum absolute atomic E-state index is 11.6. The summed E-state index contributed by atoms with van der Waals surface area (Å²) in [6.07, 6.45) is 0.982. The lowest BCUT2D eigenvalue weighted by atomic mass is 10.1. The Kier molecular flexibility index (Phi) is 4.34. The Hall–Kier alpha value is -0.353. The molecule has 0 saturated carbocycles. The standard InChI is InChI=1S/C11H23NO2Si/c1-10-5-6-12(11(10)13)9-14-7-8-15(2,3)4/h10H,5-9H2,1-4H3. The lowest BCUT2D eigenvalue weighted by molar-refractivity contribution is -0.135. The van der Waals surface area contributed by atoms with Gasteiger partial charge in [-0.1, -0.05) is 26.6 Å². The van der Waals surface area contributed by atoms with E-state index in [4.69, 9.17) is 4.74 Å². The van der Waals surface area contributed by atoms with Crippen molar-refractivity contribution in [3.05, 3.63) is 0 Å². The fourth-order valence-electron chi connectivity index (χ4n) is 1.58. The molecule has 0 bridgehead atoms. The second kappa shape index (κ2) is 5.12. The summed E-state index contributed by atoms with van der Waals surface area (Å²) in [5.41, 5.74) is 0. The predicted octanol–water partition coefficient (Wildman–Crippen LogP) is 2.17. The van der Waals surface area contributed by atoms with Crippen LogP contribution >= 0.6 is 0 Å². The van der Waals surface area contributed by atoms with Crippen LogP contribution in [0.15, 0.2) is 0 Å². The highest BCUT2D eigenvalue weighted by Crippen LogP contribution is 2.16. The molecule has 1 rings (SSSR count). The van der Waals surface area contributed by atoms with E-state index in [2.05, 4.69) is 19.6 Å². The topological polar surface area (TPSA) is 29.5 Å². The molecular weight excluding hydrogens is 206 g/mol. The highest BCUT2D eigenvalue weighted by molar-refractivity contribution is 6.76. The van der Waals surface area contributed by atoms with Crippen molar-refractivity contribution < 1.29 is 9.53 Å². The largest absolute Gasteiger partial charge is 0.361 e. The molecular formula is C11H23NO2Si. The van der Waals surface area contributed by atoms with E-state index >= 15 is 0 Å². The quantitative estimate of drug-likeness (QED) is 0.534. The zero-order chi connectivity index (χ0) is 11.5. The summed E-state index contributed by atoms with van der Waals surface area (Å²) < 4.78 is 5.55. The van der Waals surface area contributed by atoms with Crippen LogP contribution in [0.5, 0.6) is 0 Å². The van der Waals surface area contributed by atoms with E-state index in [1.165, 1.54) is 6.04 Å². The third-order valence-corrected chi connectivity index (χ3v) is 4.51. The molecule has 4 heteroatoms. The predicted molar refractivity (Wildman–Crippen MR) is 64.5 cm³/mol. The van der Waals surface area contributed by atoms with Crippen LogP contribution in [-0.2, 0) is 9.53 Å². The molecule has 0 radical (unpaired) electrons. The molecule has 0 spiro atoms. The van der Waals surface area contributed by atoms with Crippen LogP contribution in [0.2, 0.25) is 25.7 Å². The number of carbonyl (C=O) groups excluding carboxylic acids is 1. The molecule has 0 aliphatic carbocycles. The lowest BCUT2D eigenvalue weighted by Gasteiger charge is -2.19. The second-order valence-electron chi connectivity index (χ2n) is 5.64. The van der Waals surface area contributed by atoms with Crippen molar-refractivity contribution in [3.8, 4) is 0 Å². The number of rotatable bonds is 5. The lowest BCUT2D eigenvalue weighted by Crippen LogP contribution is -2.30. The molecule has 88 valence electrons. The van der Waals surface area contributed by atoms with Crippen molar-refractivity contribution in [1.82, 2.24) is 4.90 Å². The molecule has 3 nitrogen and oxygen atoms in total. The molecule has 1 fully saturated rings. The minimum absolute atomic E-state index is 0.200. The van der Waals surface area contributed by atoms with Crippen LogP contribution in [0.25, 0.3) is 0 Å². The Morgan fingerprint density at radius 3 is 2.60 bits per heavy atom. The number of amides is 1. The normalized spacial score (nSPS) is 22.5. The van der Waals surface area contributed by atoms with Crippen molar-refractivity contribution >= 4 is 14.0 Å². The van der Waals surface area contributed by atoms with Gasteiger partial charge in [0.05, 0.1) is 0 Å². The zero-order valence-electron chi connectivity index (χ0n) is 10.4. The summed E-state index contributed by atoms with van der Waals surface area (Å²) in [4.78, 5) is 13.4. The van der Waals surface area contributed by atoms with Gasteiger partial charge in [0.1, 0.15) is 6.73 Å². The number of hydrogen-bond donors (Lipinski definition) is 0. The number of likely N-dealkylation sites (tertiary alicyclic amines) is 1. The molecule has 0 aromatic carbocycles. The van der Waals surface area contributed by atoms with Crippen LogP contribution < -0.4 is 0 Å². The van der Waals surface area contributed by atoms with Crippen LogP contribution in [0.1, 0.15) is 13.3 Å². The molecule has 0 aromatic rings. The van der Waals surface area contributed by atoms with Gasteiger partial charge in [0.2, 0.25) is 5.91 Å². The summed E-state index contributed by atoms with van der Waals surface area (Å²) in [5, 5.41) is 0. The highest BCUT2D eigenvalue weighted by atomic mass is 28.3. The van der Waals surface area contributed by atoms with Crippen molar-refractivity contribution in [2.75, 3.05) is 19.9 Å². The molecule has 1 aliphatic rings. The molecule has 15 heavy (non-hydrogen) atoms. The Labute approximate surface area is 93.8 Å². The smallest absolute Gasteiger partial charge is 0.227 e. The van der Waals surface area contributed by atoms with E-state index in [9.17, 15) is 4.79 Å². The van der Waals surface area contributed by atoms with Crippen molar-refractivity contribution in [2.45, 2.75) is 39.0 Å². The van der Waals surface area contributed by atoms with Gasteiger partial charge >= 0.3 is 0 Å². The molecule has 0 aromatic heterocycles. The van der Waals surface area contributed by atoms with E-state index in [1.807, 2.05) is 11.8 Å². The van der Waals surface area contributed by atoms with Crippen LogP contribution in [-0.4, -0.2) is 38.8 Å². The molecule has 1 saturated heterocycles. The van der Waals surface area contributed by atoms with Gasteiger partial charge in [-0.2, -0.15) is 0 Å². The minimum Gasteiger partial charge on any atom is -0.361 e. The Bertz CT molecular complexity index is 225. The molecule has 1 amide bonds. The average Bonchev–Trinajstić information content (AvgIpc) is 2.42. The van der Waals surface area contributed by atoms with Gasteiger partial charge in [0, 0.05) is 27.1 Å². The number of nitrogens with zero attached hydrogens (tertiary/aromatic N) is 1. The summed E-state index contributed by atoms with van der Waals surface area (Å²) in [6, 6.07) is 1.17. The number of hydrogen-bond acceptors (Lipinski definition) is 2. The minimum atomic E-state index is -0.993. The van der Waals surface area contributed by atoms with Crippen molar-refractivity contribution in [3.63, 3.8) is 0 Å². The van der Waals surface area contributed by atoms with Gasteiger partial charge in [-0.05, 0) is 12.5 Å². The van der Waals surface area contributed by atoms with E-state index in [-0.39, 0.29) is 11.8 Å². The first kappa shape index (κ1) is 12.7. The van der Waals surface area contributed by atoms with Crippen LogP contribution in [0, 0.1) is 5.92 Å². The van der Waals surface area contributed by atoms with Gasteiger partial charge in [-0.15, -0.1) is 0 Å². The average molecular weight is 229 g/mol. The van der Waals surface area contributed by atoms with Crippen LogP contribution in [0.3, 0.4) is 0 Å². The first-order chi connectivity index (χ1) is 6.90.